The van der Waals surface area contributed by atoms with Crippen molar-refractivity contribution in [3.63, 3.8) is 0 Å². The zero-order valence-corrected chi connectivity index (χ0v) is 11.6. The number of fused-ring (bicyclic) bond motifs is 1. The van der Waals surface area contributed by atoms with Crippen molar-refractivity contribution in [2.45, 2.75) is 52.1 Å². The van der Waals surface area contributed by atoms with Crippen LogP contribution in [0.5, 0.6) is 5.75 Å². The molecule has 0 radical (unpaired) electrons. The van der Waals surface area contributed by atoms with E-state index in [2.05, 4.69) is 32.9 Å². The summed E-state index contributed by atoms with van der Waals surface area (Å²) >= 11 is 0. The van der Waals surface area contributed by atoms with Gasteiger partial charge >= 0.3 is 0 Å². The first-order valence-electron chi connectivity index (χ1n) is 6.88. The molecule has 2 heteroatoms. The number of benzene rings is 1. The zero-order valence-electron chi connectivity index (χ0n) is 11.6. The molecule has 1 heterocycles. The number of aliphatic hydroxyl groups is 1. The summed E-state index contributed by atoms with van der Waals surface area (Å²) in [7, 11) is 0. The van der Waals surface area contributed by atoms with Gasteiger partial charge in [0.25, 0.3) is 0 Å². The molecule has 2 rings (SSSR count). The first-order valence-corrected chi connectivity index (χ1v) is 6.88. The summed E-state index contributed by atoms with van der Waals surface area (Å²) in [6, 6.07) is 8.29. The van der Waals surface area contributed by atoms with E-state index in [9.17, 15) is 5.11 Å². The van der Waals surface area contributed by atoms with Gasteiger partial charge in [-0.05, 0) is 42.2 Å². The van der Waals surface area contributed by atoms with Crippen molar-refractivity contribution in [1.29, 1.82) is 0 Å². The second kappa shape index (κ2) is 5.31. The molecule has 0 spiro atoms. The highest BCUT2D eigenvalue weighted by molar-refractivity contribution is 5.37. The number of ether oxygens (including phenoxy) is 1. The Labute approximate surface area is 110 Å². The number of hydrogen-bond donors (Lipinski definition) is 1. The average Bonchev–Trinajstić information content (AvgIpc) is 2.34. The van der Waals surface area contributed by atoms with Gasteiger partial charge < -0.3 is 9.84 Å². The van der Waals surface area contributed by atoms with Gasteiger partial charge in [-0.3, -0.25) is 0 Å². The Hall–Kier alpha value is -1.02. The first-order chi connectivity index (χ1) is 8.48. The van der Waals surface area contributed by atoms with Gasteiger partial charge in [0, 0.05) is 0 Å². The highest BCUT2D eigenvalue weighted by atomic mass is 16.5. The van der Waals surface area contributed by atoms with Crippen LogP contribution in [0.4, 0.5) is 0 Å². The Balaban J connectivity index is 2.00. The molecule has 0 aliphatic carbocycles. The van der Waals surface area contributed by atoms with Gasteiger partial charge in [-0.2, -0.15) is 0 Å². The monoisotopic (exact) mass is 248 g/mol. The van der Waals surface area contributed by atoms with Crippen molar-refractivity contribution in [2.24, 2.45) is 5.41 Å². The van der Waals surface area contributed by atoms with Crippen molar-refractivity contribution < 1.29 is 9.84 Å². The second-order valence-corrected chi connectivity index (χ2v) is 6.33. The van der Waals surface area contributed by atoms with Gasteiger partial charge in [-0.15, -0.1) is 0 Å². The van der Waals surface area contributed by atoms with E-state index in [1.807, 2.05) is 12.1 Å². The van der Waals surface area contributed by atoms with Crippen molar-refractivity contribution in [3.8, 4) is 5.75 Å². The Morgan fingerprint density at radius 3 is 2.78 bits per heavy atom. The first kappa shape index (κ1) is 13.4. The third-order valence-electron chi connectivity index (χ3n) is 3.87. The predicted octanol–water partition coefficient (Wildman–Crippen LogP) is 3.74. The molecule has 100 valence electrons. The molecule has 0 aromatic heterocycles. The fourth-order valence-corrected chi connectivity index (χ4v) is 2.51. The summed E-state index contributed by atoms with van der Waals surface area (Å²) < 4.78 is 5.67. The fourth-order valence-electron chi connectivity index (χ4n) is 2.51. The van der Waals surface area contributed by atoms with Gasteiger partial charge in [-0.1, -0.05) is 39.0 Å². The van der Waals surface area contributed by atoms with Gasteiger partial charge in [0.15, 0.2) is 0 Å². The maximum atomic E-state index is 10.1. The molecule has 1 aliphatic heterocycles. The molecule has 2 atom stereocenters. The topological polar surface area (TPSA) is 29.5 Å². The summed E-state index contributed by atoms with van der Waals surface area (Å²) in [5.74, 6) is 1.56. The molecular weight excluding hydrogens is 224 g/mol. The van der Waals surface area contributed by atoms with Crippen molar-refractivity contribution in [3.05, 3.63) is 29.8 Å². The lowest BCUT2D eigenvalue weighted by molar-refractivity contribution is 0.0510. The quantitative estimate of drug-likeness (QED) is 0.883. The molecular formula is C16H24O2. The highest BCUT2D eigenvalue weighted by Gasteiger charge is 2.26. The molecule has 2 nitrogen and oxygen atoms in total. The van der Waals surface area contributed by atoms with E-state index in [1.165, 1.54) is 5.56 Å². The molecule has 18 heavy (non-hydrogen) atoms. The van der Waals surface area contributed by atoms with Gasteiger partial charge in [0.2, 0.25) is 0 Å². The third kappa shape index (κ3) is 3.05. The Morgan fingerprint density at radius 2 is 2.06 bits per heavy atom. The smallest absolute Gasteiger partial charge is 0.122 e. The minimum atomic E-state index is -0.229. The van der Waals surface area contributed by atoms with E-state index >= 15 is 0 Å². The van der Waals surface area contributed by atoms with E-state index in [-0.39, 0.29) is 11.5 Å². The molecule has 0 fully saturated rings. The van der Waals surface area contributed by atoms with Crippen LogP contribution in [0.1, 0.15) is 51.5 Å². The molecule has 2 unspecified atom stereocenters. The molecule has 1 aromatic rings. The standard InChI is InChI=1S/C16H24O2/c1-16(2,3)15(17)9-8-12-10-11-18-14-7-5-4-6-13(12)14/h4-7,12,15,17H,8-11H2,1-3H3. The molecule has 0 bridgehead atoms. The molecule has 1 N–H and O–H groups in total. The van der Waals surface area contributed by atoms with E-state index < -0.39 is 0 Å². The van der Waals surface area contributed by atoms with Crippen molar-refractivity contribution in [1.82, 2.24) is 0 Å². The van der Waals surface area contributed by atoms with E-state index in [1.54, 1.807) is 0 Å². The lowest BCUT2D eigenvalue weighted by Crippen LogP contribution is -2.27. The predicted molar refractivity (Wildman–Crippen MR) is 74.0 cm³/mol. The van der Waals surface area contributed by atoms with Crippen LogP contribution in [0.2, 0.25) is 0 Å². The molecule has 0 amide bonds. The summed E-state index contributed by atoms with van der Waals surface area (Å²) in [5.41, 5.74) is 1.29. The number of hydrogen-bond acceptors (Lipinski definition) is 2. The van der Waals surface area contributed by atoms with Crippen LogP contribution in [0.25, 0.3) is 0 Å². The highest BCUT2D eigenvalue weighted by Crippen LogP contribution is 2.37. The SMILES string of the molecule is CC(C)(C)C(O)CCC1CCOc2ccccc21. The average molecular weight is 248 g/mol. The lowest BCUT2D eigenvalue weighted by atomic mass is 9.82. The maximum Gasteiger partial charge on any atom is 0.122 e. The van der Waals surface area contributed by atoms with Crippen molar-refractivity contribution in [2.75, 3.05) is 6.61 Å². The van der Waals surface area contributed by atoms with E-state index in [0.717, 1.165) is 31.6 Å². The van der Waals surface area contributed by atoms with Crippen LogP contribution in [0.15, 0.2) is 24.3 Å². The van der Waals surface area contributed by atoms with Gasteiger partial charge in [0.1, 0.15) is 5.75 Å². The van der Waals surface area contributed by atoms with Gasteiger partial charge in [0.05, 0.1) is 12.7 Å². The zero-order chi connectivity index (χ0) is 13.2. The summed E-state index contributed by atoms with van der Waals surface area (Å²) in [6.45, 7) is 7.08. The minimum absolute atomic E-state index is 0.0231. The number of para-hydroxylation sites is 1. The molecule has 0 saturated heterocycles. The van der Waals surface area contributed by atoms with Crippen molar-refractivity contribution >= 4 is 0 Å². The Bertz CT molecular complexity index is 392. The second-order valence-electron chi connectivity index (χ2n) is 6.33. The summed E-state index contributed by atoms with van der Waals surface area (Å²) in [6.07, 6.45) is 2.74. The minimum Gasteiger partial charge on any atom is -0.493 e. The van der Waals surface area contributed by atoms with Crippen LogP contribution in [-0.4, -0.2) is 17.8 Å². The molecule has 1 aliphatic rings. The fraction of sp³-hybridized carbons (Fsp3) is 0.625. The van der Waals surface area contributed by atoms with Crippen LogP contribution >= 0.6 is 0 Å². The number of rotatable bonds is 3. The van der Waals surface area contributed by atoms with Crippen LogP contribution in [-0.2, 0) is 0 Å². The Kier molecular flexibility index (Phi) is 3.96. The summed E-state index contributed by atoms with van der Waals surface area (Å²) in [4.78, 5) is 0. The lowest BCUT2D eigenvalue weighted by Gasteiger charge is -2.30. The Morgan fingerprint density at radius 1 is 1.33 bits per heavy atom. The largest absolute Gasteiger partial charge is 0.493 e. The van der Waals surface area contributed by atoms with E-state index in [4.69, 9.17) is 4.74 Å². The van der Waals surface area contributed by atoms with Crippen LogP contribution in [0, 0.1) is 5.41 Å². The normalized spacial score (nSPS) is 21.0. The van der Waals surface area contributed by atoms with E-state index in [0.29, 0.717) is 5.92 Å². The van der Waals surface area contributed by atoms with Crippen LogP contribution in [0.3, 0.4) is 0 Å². The third-order valence-corrected chi connectivity index (χ3v) is 3.87. The molecule has 1 aromatic carbocycles. The summed E-state index contributed by atoms with van der Waals surface area (Å²) in [5, 5.41) is 10.1. The number of aliphatic hydroxyl groups excluding tert-OH is 1. The van der Waals surface area contributed by atoms with Crippen LogP contribution < -0.4 is 4.74 Å². The van der Waals surface area contributed by atoms with Gasteiger partial charge in [-0.25, -0.2) is 0 Å². The molecule has 0 saturated carbocycles. The maximum absolute atomic E-state index is 10.1.